The Hall–Kier alpha value is -2.48. The van der Waals surface area contributed by atoms with Crippen molar-refractivity contribution in [3.05, 3.63) is 0 Å². The van der Waals surface area contributed by atoms with Crippen molar-refractivity contribution in [3.8, 4) is 0 Å². The van der Waals surface area contributed by atoms with Gasteiger partial charge in [0.25, 0.3) is 0 Å². The van der Waals surface area contributed by atoms with Crippen LogP contribution in [0.2, 0.25) is 0 Å². The SMILES string of the molecule is COC1C(OC(=O)N[C@@H](COC(=O)NCCCCCCNC(=O)CN)C(C)C)CC[C@]2(CO2)C1C(C)(C)OCC=O. The van der Waals surface area contributed by atoms with Crippen LogP contribution in [-0.4, -0.2) is 100 Å². The molecule has 236 valence electrons. The minimum absolute atomic E-state index is 0.00932. The Morgan fingerprint density at radius 1 is 1.10 bits per heavy atom. The van der Waals surface area contributed by atoms with Gasteiger partial charge in [-0.05, 0) is 45.4 Å². The molecule has 2 rings (SSSR count). The maximum Gasteiger partial charge on any atom is 0.407 e. The Kier molecular flexibility index (Phi) is 14.3. The van der Waals surface area contributed by atoms with E-state index in [0.717, 1.165) is 25.7 Å². The first-order valence-corrected chi connectivity index (χ1v) is 14.6. The van der Waals surface area contributed by atoms with E-state index in [0.29, 0.717) is 38.8 Å². The molecule has 5 atom stereocenters. The second-order valence-electron chi connectivity index (χ2n) is 11.6. The van der Waals surface area contributed by atoms with Gasteiger partial charge in [0, 0.05) is 26.1 Å². The Bertz CT molecular complexity index is 850. The van der Waals surface area contributed by atoms with Gasteiger partial charge in [-0.2, -0.15) is 0 Å². The minimum atomic E-state index is -0.750. The average Bonchev–Trinajstić information content (AvgIpc) is 3.70. The summed E-state index contributed by atoms with van der Waals surface area (Å²) in [5.41, 5.74) is 4.07. The number of unbranched alkanes of at least 4 members (excludes halogenated alkanes) is 3. The second kappa shape index (κ2) is 16.8. The third-order valence-corrected chi connectivity index (χ3v) is 7.81. The predicted molar refractivity (Wildman–Crippen MR) is 150 cm³/mol. The summed E-state index contributed by atoms with van der Waals surface area (Å²) in [4.78, 5) is 47.1. The molecule has 0 radical (unpaired) electrons. The molecule has 0 aromatic heterocycles. The highest BCUT2D eigenvalue weighted by molar-refractivity contribution is 5.77. The van der Waals surface area contributed by atoms with Crippen molar-refractivity contribution in [2.75, 3.05) is 46.6 Å². The van der Waals surface area contributed by atoms with Gasteiger partial charge >= 0.3 is 12.2 Å². The number of nitrogens with two attached hydrogens (primary N) is 1. The van der Waals surface area contributed by atoms with Gasteiger partial charge in [0.15, 0.2) is 0 Å². The summed E-state index contributed by atoms with van der Waals surface area (Å²) < 4.78 is 28.7. The fourth-order valence-electron chi connectivity index (χ4n) is 5.45. The first-order valence-electron chi connectivity index (χ1n) is 14.6. The molecule has 41 heavy (non-hydrogen) atoms. The van der Waals surface area contributed by atoms with Crippen molar-refractivity contribution in [1.29, 1.82) is 0 Å². The van der Waals surface area contributed by atoms with Crippen LogP contribution in [0, 0.1) is 11.8 Å². The van der Waals surface area contributed by atoms with Gasteiger partial charge in [0.2, 0.25) is 5.91 Å². The molecule has 5 N–H and O–H groups in total. The first kappa shape index (κ1) is 34.7. The molecule has 0 aromatic carbocycles. The highest BCUT2D eigenvalue weighted by atomic mass is 16.6. The first-order chi connectivity index (χ1) is 19.5. The number of epoxide rings is 1. The van der Waals surface area contributed by atoms with Gasteiger partial charge in [-0.15, -0.1) is 0 Å². The number of methoxy groups -OCH3 is 1. The molecule has 3 amide bonds. The molecule has 1 aliphatic heterocycles. The van der Waals surface area contributed by atoms with Crippen molar-refractivity contribution in [2.45, 2.75) is 95.7 Å². The molecular formula is C28H50N4O9. The van der Waals surface area contributed by atoms with Crippen molar-refractivity contribution in [3.63, 3.8) is 0 Å². The second-order valence-corrected chi connectivity index (χ2v) is 11.6. The molecule has 3 unspecified atom stereocenters. The van der Waals surface area contributed by atoms with Crippen LogP contribution in [0.5, 0.6) is 0 Å². The zero-order valence-electron chi connectivity index (χ0n) is 25.2. The van der Waals surface area contributed by atoms with Crippen LogP contribution >= 0.6 is 0 Å². The lowest BCUT2D eigenvalue weighted by Crippen LogP contribution is -2.59. The Balaban J connectivity index is 1.78. The van der Waals surface area contributed by atoms with Gasteiger partial charge in [-0.1, -0.05) is 26.7 Å². The van der Waals surface area contributed by atoms with E-state index in [1.54, 1.807) is 7.11 Å². The lowest BCUT2D eigenvalue weighted by atomic mass is 9.68. The summed E-state index contributed by atoms with van der Waals surface area (Å²) in [6.45, 7) is 9.16. The van der Waals surface area contributed by atoms with Gasteiger partial charge in [-0.25, -0.2) is 9.59 Å². The van der Waals surface area contributed by atoms with E-state index in [-0.39, 0.29) is 37.5 Å². The number of hydrogen-bond donors (Lipinski definition) is 4. The van der Waals surface area contributed by atoms with E-state index < -0.39 is 41.6 Å². The zero-order valence-corrected chi connectivity index (χ0v) is 25.2. The Labute approximate surface area is 243 Å². The molecule has 1 aliphatic carbocycles. The quantitative estimate of drug-likeness (QED) is 0.105. The third-order valence-electron chi connectivity index (χ3n) is 7.81. The molecule has 1 saturated heterocycles. The number of carbonyl (C=O) groups excluding carboxylic acids is 4. The molecule has 0 aromatic rings. The van der Waals surface area contributed by atoms with Crippen LogP contribution in [0.1, 0.15) is 66.2 Å². The number of rotatable bonds is 18. The van der Waals surface area contributed by atoms with Crippen LogP contribution in [0.3, 0.4) is 0 Å². The van der Waals surface area contributed by atoms with Crippen molar-refractivity contribution in [2.24, 2.45) is 17.6 Å². The van der Waals surface area contributed by atoms with E-state index in [2.05, 4.69) is 16.0 Å². The number of alkyl carbamates (subject to hydrolysis) is 2. The summed E-state index contributed by atoms with van der Waals surface area (Å²) in [6.07, 6.45) is 3.17. The lowest BCUT2D eigenvalue weighted by Gasteiger charge is -2.47. The molecule has 1 heterocycles. The molecule has 2 aliphatic rings. The summed E-state index contributed by atoms with van der Waals surface area (Å²) in [7, 11) is 1.56. The maximum absolute atomic E-state index is 12.9. The van der Waals surface area contributed by atoms with Crippen LogP contribution in [0.25, 0.3) is 0 Å². The summed E-state index contributed by atoms with van der Waals surface area (Å²) in [6, 6.07) is -0.456. The molecule has 1 spiro atoms. The van der Waals surface area contributed by atoms with Crippen molar-refractivity contribution in [1.82, 2.24) is 16.0 Å². The Morgan fingerprint density at radius 2 is 1.76 bits per heavy atom. The number of carbonyl (C=O) groups is 4. The van der Waals surface area contributed by atoms with E-state index in [9.17, 15) is 19.2 Å². The number of ether oxygens (including phenoxy) is 5. The summed E-state index contributed by atoms with van der Waals surface area (Å²) in [5.74, 6) is -0.440. The van der Waals surface area contributed by atoms with E-state index in [4.69, 9.17) is 29.4 Å². The van der Waals surface area contributed by atoms with Crippen LogP contribution in [0.4, 0.5) is 9.59 Å². The fraction of sp³-hybridized carbons (Fsp3) is 0.857. The number of hydrogen-bond acceptors (Lipinski definition) is 10. The number of amides is 3. The lowest BCUT2D eigenvalue weighted by molar-refractivity contribution is -0.176. The van der Waals surface area contributed by atoms with Crippen molar-refractivity contribution >= 4 is 24.4 Å². The van der Waals surface area contributed by atoms with E-state index in [1.807, 2.05) is 27.7 Å². The third kappa shape index (κ3) is 11.0. The Morgan fingerprint density at radius 3 is 2.32 bits per heavy atom. The van der Waals surface area contributed by atoms with Crippen LogP contribution in [0.15, 0.2) is 0 Å². The average molecular weight is 587 g/mol. The standard InChI is InChI=1S/C28H50N4O9/c1-19(2)20(17-38-25(35)31-13-9-7-6-8-12-30-22(34)16-29)32-26(36)41-21-10-11-28(18-40-28)24(23(21)37-5)27(3,4)39-15-14-33/h14,19-21,23-24H,6-13,15-18,29H2,1-5H3,(H,30,34)(H,31,35)(H,32,36)/t20-,21?,23?,24?,28-/m0/s1. The number of aldehydes is 1. The maximum atomic E-state index is 12.9. The monoisotopic (exact) mass is 586 g/mol. The summed E-state index contributed by atoms with van der Waals surface area (Å²) >= 11 is 0. The van der Waals surface area contributed by atoms with Gasteiger partial charge in [-0.3, -0.25) is 4.79 Å². The summed E-state index contributed by atoms with van der Waals surface area (Å²) in [5, 5.41) is 8.27. The molecule has 2 fully saturated rings. The van der Waals surface area contributed by atoms with Gasteiger partial charge in [0.05, 0.1) is 30.4 Å². The molecule has 13 nitrogen and oxygen atoms in total. The highest BCUT2D eigenvalue weighted by Gasteiger charge is 2.64. The normalized spacial score (nSPS) is 24.4. The predicted octanol–water partition coefficient (Wildman–Crippen LogP) is 1.66. The smallest absolute Gasteiger partial charge is 0.407 e. The highest BCUT2D eigenvalue weighted by Crippen LogP contribution is 2.52. The molecule has 0 bridgehead atoms. The zero-order chi connectivity index (χ0) is 30.5. The van der Waals surface area contributed by atoms with Crippen molar-refractivity contribution < 1.29 is 42.9 Å². The van der Waals surface area contributed by atoms with E-state index >= 15 is 0 Å². The van der Waals surface area contributed by atoms with E-state index in [1.165, 1.54) is 0 Å². The fourth-order valence-corrected chi connectivity index (χ4v) is 5.45. The largest absolute Gasteiger partial charge is 0.447 e. The molecular weight excluding hydrogens is 536 g/mol. The van der Waals surface area contributed by atoms with Crippen LogP contribution < -0.4 is 21.7 Å². The molecule has 1 saturated carbocycles. The topological polar surface area (TPSA) is 180 Å². The number of nitrogens with one attached hydrogen (secondary N) is 3. The van der Waals surface area contributed by atoms with Gasteiger partial charge < -0.3 is 50.2 Å². The van der Waals surface area contributed by atoms with Crippen LogP contribution in [-0.2, 0) is 33.3 Å². The minimum Gasteiger partial charge on any atom is -0.447 e. The van der Waals surface area contributed by atoms with Gasteiger partial charge in [0.1, 0.15) is 31.7 Å². The molecule has 13 heteroatoms.